The minimum absolute atomic E-state index is 1.10. The van der Waals surface area contributed by atoms with Crippen molar-refractivity contribution < 1.29 is 0 Å². The summed E-state index contributed by atoms with van der Waals surface area (Å²) in [5.74, 6) is 0. The normalized spacial score (nSPS) is 11.6. The zero-order valence-electron chi connectivity index (χ0n) is 30.6. The first kappa shape index (κ1) is 32.4. The zero-order chi connectivity index (χ0) is 37.0. The van der Waals surface area contributed by atoms with E-state index in [9.17, 15) is 0 Å². The number of anilines is 3. The van der Waals surface area contributed by atoms with Gasteiger partial charge in [-0.2, -0.15) is 0 Å². The van der Waals surface area contributed by atoms with Crippen LogP contribution in [0.4, 0.5) is 17.1 Å². The quantitative estimate of drug-likeness (QED) is 0.154. The summed E-state index contributed by atoms with van der Waals surface area (Å²) in [6, 6.07) is 77.9. The van der Waals surface area contributed by atoms with Crippen molar-refractivity contribution in [1.82, 2.24) is 0 Å². The van der Waals surface area contributed by atoms with Gasteiger partial charge in [-0.15, -0.1) is 11.3 Å². The molecule has 0 N–H and O–H groups in total. The van der Waals surface area contributed by atoms with Crippen molar-refractivity contribution in [2.75, 3.05) is 4.90 Å². The van der Waals surface area contributed by atoms with Crippen LogP contribution >= 0.6 is 11.3 Å². The van der Waals surface area contributed by atoms with E-state index in [1.54, 1.807) is 0 Å². The molecule has 0 radical (unpaired) electrons. The molecule has 0 aliphatic carbocycles. The van der Waals surface area contributed by atoms with Crippen molar-refractivity contribution in [1.29, 1.82) is 0 Å². The van der Waals surface area contributed by atoms with Crippen LogP contribution in [0.25, 0.3) is 85.9 Å². The molecule has 0 fully saturated rings. The van der Waals surface area contributed by atoms with Crippen LogP contribution in [0.15, 0.2) is 212 Å². The van der Waals surface area contributed by atoms with Gasteiger partial charge in [-0.3, -0.25) is 0 Å². The molecule has 1 heterocycles. The number of benzene rings is 10. The van der Waals surface area contributed by atoms with Crippen molar-refractivity contribution in [2.24, 2.45) is 0 Å². The lowest BCUT2D eigenvalue weighted by molar-refractivity contribution is 1.29. The maximum Gasteiger partial charge on any atom is 0.0546 e. The molecule has 11 aromatic rings. The lowest BCUT2D eigenvalue weighted by Gasteiger charge is -2.29. The van der Waals surface area contributed by atoms with Crippen LogP contribution in [0, 0.1) is 0 Å². The summed E-state index contributed by atoms with van der Waals surface area (Å²) >= 11 is 1.86. The Balaban J connectivity index is 1.16. The molecular weight excluding hydrogens is 695 g/mol. The van der Waals surface area contributed by atoms with Crippen LogP contribution in [0.3, 0.4) is 0 Å². The molecule has 0 saturated carbocycles. The summed E-state index contributed by atoms with van der Waals surface area (Å²) in [7, 11) is 0. The zero-order valence-corrected chi connectivity index (χ0v) is 31.4. The van der Waals surface area contributed by atoms with Gasteiger partial charge in [0.1, 0.15) is 0 Å². The van der Waals surface area contributed by atoms with Crippen LogP contribution in [-0.2, 0) is 0 Å². The topological polar surface area (TPSA) is 3.24 Å². The highest BCUT2D eigenvalue weighted by molar-refractivity contribution is 7.25. The molecule has 10 aromatic carbocycles. The van der Waals surface area contributed by atoms with Crippen molar-refractivity contribution in [3.63, 3.8) is 0 Å². The van der Waals surface area contributed by atoms with E-state index >= 15 is 0 Å². The molecule has 0 saturated heterocycles. The molecule has 2 heteroatoms. The Bertz CT molecular complexity index is 3240. The van der Waals surface area contributed by atoms with E-state index in [0.29, 0.717) is 0 Å². The molecule has 1 aromatic heterocycles. The molecule has 0 aliphatic heterocycles. The summed E-state index contributed by atoms with van der Waals surface area (Å²) in [4.78, 5) is 2.46. The highest BCUT2D eigenvalue weighted by Crippen LogP contribution is 2.46. The monoisotopic (exact) mass is 729 g/mol. The van der Waals surface area contributed by atoms with Gasteiger partial charge in [-0.05, 0) is 103 Å². The molecule has 1 nitrogen and oxygen atoms in total. The van der Waals surface area contributed by atoms with E-state index in [4.69, 9.17) is 0 Å². The smallest absolute Gasteiger partial charge is 0.0546 e. The molecule has 0 amide bonds. The summed E-state index contributed by atoms with van der Waals surface area (Å²) in [6.45, 7) is 0. The average Bonchev–Trinajstić information content (AvgIpc) is 3.65. The predicted octanol–water partition coefficient (Wildman–Crippen LogP) is 16.0. The van der Waals surface area contributed by atoms with Crippen molar-refractivity contribution in [3.8, 4) is 33.4 Å². The molecular formula is C54H35NS. The van der Waals surface area contributed by atoms with Gasteiger partial charge >= 0.3 is 0 Å². The number of hydrogen-bond acceptors (Lipinski definition) is 2. The second-order valence-electron chi connectivity index (χ2n) is 14.5. The van der Waals surface area contributed by atoms with Crippen LogP contribution in [0.2, 0.25) is 0 Å². The van der Waals surface area contributed by atoms with Crippen molar-refractivity contribution in [3.05, 3.63) is 212 Å². The highest BCUT2D eigenvalue weighted by Gasteiger charge is 2.21. The summed E-state index contributed by atoms with van der Waals surface area (Å²) in [5.41, 5.74) is 10.6. The maximum absolute atomic E-state index is 2.46. The fourth-order valence-electron chi connectivity index (χ4n) is 8.59. The van der Waals surface area contributed by atoms with Crippen molar-refractivity contribution in [2.45, 2.75) is 0 Å². The van der Waals surface area contributed by atoms with E-state index in [2.05, 4.69) is 217 Å². The second kappa shape index (κ2) is 13.4. The summed E-state index contributed by atoms with van der Waals surface area (Å²) in [5, 5.41) is 10.1. The minimum atomic E-state index is 1.10. The van der Waals surface area contributed by atoms with Gasteiger partial charge in [0.2, 0.25) is 0 Å². The van der Waals surface area contributed by atoms with E-state index in [-0.39, 0.29) is 0 Å². The Hall–Kier alpha value is -7.00. The van der Waals surface area contributed by atoms with Gasteiger partial charge < -0.3 is 4.90 Å². The van der Waals surface area contributed by atoms with Crippen molar-refractivity contribution >= 4 is 80.9 Å². The first-order valence-electron chi connectivity index (χ1n) is 19.2. The molecule has 11 rings (SSSR count). The van der Waals surface area contributed by atoms with Gasteiger partial charge in [-0.25, -0.2) is 0 Å². The van der Waals surface area contributed by atoms with Gasteiger partial charge in [0, 0.05) is 37.1 Å². The standard InChI is InChI=1S/C54H35NS/c1-2-13-37(14-3-1)46-31-27-40(51-33-39-16-5-7-19-45(39)47-20-8-9-21-48(47)51)34-52(46)55(42-30-32-50-49-22-10-11-24-53(49)56-54(50)35-42)41-28-25-38(26-29-41)44-23-12-17-36-15-4-6-18-43(36)44/h1-35H. The maximum atomic E-state index is 2.46. The van der Waals surface area contributed by atoms with E-state index < -0.39 is 0 Å². The Morgan fingerprint density at radius 2 is 0.893 bits per heavy atom. The van der Waals surface area contributed by atoms with Crippen LogP contribution in [-0.4, -0.2) is 0 Å². The largest absolute Gasteiger partial charge is 0.310 e. The first-order chi connectivity index (χ1) is 27.8. The fraction of sp³-hybridized carbons (Fsp3) is 0. The van der Waals surface area contributed by atoms with E-state index in [1.807, 2.05) is 11.3 Å². The number of fused-ring (bicyclic) bond motifs is 7. The van der Waals surface area contributed by atoms with Crippen LogP contribution < -0.4 is 4.90 Å². The first-order valence-corrected chi connectivity index (χ1v) is 20.0. The third kappa shape index (κ3) is 5.46. The molecule has 0 aliphatic rings. The van der Waals surface area contributed by atoms with E-state index in [1.165, 1.54) is 85.9 Å². The lowest BCUT2D eigenvalue weighted by atomic mass is 9.91. The van der Waals surface area contributed by atoms with Gasteiger partial charge in [-0.1, -0.05) is 170 Å². The minimum Gasteiger partial charge on any atom is -0.310 e. The fourth-order valence-corrected chi connectivity index (χ4v) is 9.73. The number of nitrogens with zero attached hydrogens (tertiary/aromatic N) is 1. The molecule has 0 spiro atoms. The molecule has 0 atom stereocenters. The summed E-state index contributed by atoms with van der Waals surface area (Å²) in [6.07, 6.45) is 0. The average molecular weight is 730 g/mol. The Labute approximate surface area is 330 Å². The number of thiophene rings is 1. The molecule has 56 heavy (non-hydrogen) atoms. The number of rotatable bonds is 6. The Kier molecular flexibility index (Phi) is 7.75. The predicted molar refractivity (Wildman–Crippen MR) is 243 cm³/mol. The molecule has 0 unspecified atom stereocenters. The third-order valence-electron chi connectivity index (χ3n) is 11.2. The SMILES string of the molecule is c1ccc(-c2ccc(-c3cc4ccccc4c4ccccc34)cc2N(c2ccc(-c3cccc4ccccc34)cc2)c2ccc3c(c2)sc2ccccc23)cc1. The second-order valence-corrected chi connectivity index (χ2v) is 15.6. The number of hydrogen-bond donors (Lipinski definition) is 0. The Morgan fingerprint density at radius 1 is 0.286 bits per heavy atom. The third-order valence-corrected chi connectivity index (χ3v) is 12.4. The van der Waals surface area contributed by atoms with E-state index in [0.717, 1.165) is 17.1 Å². The lowest BCUT2D eigenvalue weighted by Crippen LogP contribution is -2.11. The van der Waals surface area contributed by atoms with Gasteiger partial charge in [0.05, 0.1) is 5.69 Å². The summed E-state index contributed by atoms with van der Waals surface area (Å²) < 4.78 is 2.58. The van der Waals surface area contributed by atoms with Gasteiger partial charge in [0.15, 0.2) is 0 Å². The van der Waals surface area contributed by atoms with Crippen LogP contribution in [0.1, 0.15) is 0 Å². The molecule has 0 bridgehead atoms. The Morgan fingerprint density at radius 3 is 1.73 bits per heavy atom. The molecule has 262 valence electrons. The van der Waals surface area contributed by atoms with Crippen LogP contribution in [0.5, 0.6) is 0 Å². The highest BCUT2D eigenvalue weighted by atomic mass is 32.1. The van der Waals surface area contributed by atoms with Gasteiger partial charge in [0.25, 0.3) is 0 Å².